The van der Waals surface area contributed by atoms with E-state index in [0.29, 0.717) is 25.4 Å². The van der Waals surface area contributed by atoms with Crippen LogP contribution in [0.2, 0.25) is 0 Å². The third-order valence-electron chi connectivity index (χ3n) is 11.0. The molecule has 1 unspecified atom stereocenters. The lowest BCUT2D eigenvalue weighted by Crippen LogP contribution is -2.29. The fourth-order valence-corrected chi connectivity index (χ4v) is 7.40. The number of ether oxygens (including phenoxy) is 2. The number of nitrogens with zero attached hydrogens (tertiary/aromatic N) is 1. The van der Waals surface area contributed by atoms with Crippen LogP contribution in [-0.2, 0) is 19.1 Å². The number of hydrogen-bond acceptors (Lipinski definition) is 6. The highest BCUT2D eigenvalue weighted by atomic mass is 16.5. The lowest BCUT2D eigenvalue weighted by Gasteiger charge is -2.21. The lowest BCUT2D eigenvalue weighted by atomic mass is 10.0. The number of carbonyl (C=O) groups excluding carboxylic acids is 2. The molecule has 0 heterocycles. The van der Waals surface area contributed by atoms with Crippen LogP contribution in [0.15, 0.2) is 0 Å². The predicted molar refractivity (Wildman–Crippen MR) is 228 cm³/mol. The van der Waals surface area contributed by atoms with Crippen molar-refractivity contribution in [2.75, 3.05) is 32.8 Å². The summed E-state index contributed by atoms with van der Waals surface area (Å²) in [6.45, 7) is 12.6. The maximum atomic E-state index is 12.7. The summed E-state index contributed by atoms with van der Waals surface area (Å²) in [5.74, 6) is 0.464. The van der Waals surface area contributed by atoms with Crippen molar-refractivity contribution in [3.63, 3.8) is 0 Å². The molecule has 316 valence electrons. The van der Waals surface area contributed by atoms with Gasteiger partial charge in [0.05, 0.1) is 13.2 Å². The molecule has 0 rings (SSSR count). The summed E-state index contributed by atoms with van der Waals surface area (Å²) in [5, 5.41) is 9.55. The van der Waals surface area contributed by atoms with E-state index in [4.69, 9.17) is 9.47 Å². The van der Waals surface area contributed by atoms with Gasteiger partial charge < -0.3 is 19.5 Å². The van der Waals surface area contributed by atoms with Crippen molar-refractivity contribution in [2.24, 2.45) is 5.92 Å². The molecule has 0 spiro atoms. The molecular weight excluding hydrogens is 659 g/mol. The number of aliphatic hydroxyl groups excluding tert-OH is 1. The Kier molecular flexibility index (Phi) is 41.1. The van der Waals surface area contributed by atoms with Gasteiger partial charge in [0.25, 0.3) is 0 Å². The largest absolute Gasteiger partial charge is 0.465 e. The van der Waals surface area contributed by atoms with Crippen LogP contribution < -0.4 is 0 Å². The highest BCUT2D eigenvalue weighted by Crippen LogP contribution is 2.19. The summed E-state index contributed by atoms with van der Waals surface area (Å²) >= 11 is 0. The zero-order chi connectivity index (χ0) is 38.9. The first-order valence-corrected chi connectivity index (χ1v) is 23.6. The van der Waals surface area contributed by atoms with Crippen molar-refractivity contribution in [3.05, 3.63) is 0 Å². The van der Waals surface area contributed by atoms with Gasteiger partial charge in [0, 0.05) is 19.4 Å². The molecule has 0 aromatic rings. The van der Waals surface area contributed by atoms with E-state index in [0.717, 1.165) is 77.4 Å². The first-order chi connectivity index (χ1) is 26.0. The van der Waals surface area contributed by atoms with Crippen LogP contribution in [0.4, 0.5) is 0 Å². The van der Waals surface area contributed by atoms with Gasteiger partial charge in [0.2, 0.25) is 0 Å². The van der Waals surface area contributed by atoms with Gasteiger partial charge in [-0.05, 0) is 76.8 Å². The number of esters is 2. The van der Waals surface area contributed by atoms with Crippen LogP contribution in [0, 0.1) is 5.92 Å². The van der Waals surface area contributed by atoms with E-state index < -0.39 is 0 Å². The molecule has 0 aliphatic carbocycles. The Balaban J connectivity index is 3.92. The van der Waals surface area contributed by atoms with Crippen LogP contribution in [-0.4, -0.2) is 60.9 Å². The van der Waals surface area contributed by atoms with Crippen molar-refractivity contribution >= 4 is 11.9 Å². The molecule has 6 heteroatoms. The second-order valence-corrected chi connectivity index (χ2v) is 16.5. The van der Waals surface area contributed by atoms with Crippen LogP contribution in [0.3, 0.4) is 0 Å². The van der Waals surface area contributed by atoms with Crippen molar-refractivity contribution in [2.45, 2.75) is 252 Å². The number of carbonyl (C=O) groups is 2. The molecule has 0 aliphatic heterocycles. The quantitative estimate of drug-likeness (QED) is 0.0494. The van der Waals surface area contributed by atoms with E-state index in [9.17, 15) is 14.7 Å². The topological polar surface area (TPSA) is 76.1 Å². The molecule has 53 heavy (non-hydrogen) atoms. The molecule has 0 fully saturated rings. The van der Waals surface area contributed by atoms with Crippen LogP contribution in [0.25, 0.3) is 0 Å². The van der Waals surface area contributed by atoms with E-state index in [2.05, 4.69) is 32.6 Å². The van der Waals surface area contributed by atoms with E-state index >= 15 is 0 Å². The monoisotopic (exact) mass is 752 g/mol. The van der Waals surface area contributed by atoms with Crippen LogP contribution >= 0.6 is 0 Å². The van der Waals surface area contributed by atoms with Gasteiger partial charge in [0.15, 0.2) is 0 Å². The molecule has 0 radical (unpaired) electrons. The number of unbranched alkanes of at least 4 members (excludes halogenated alkanes) is 24. The zero-order valence-electron chi connectivity index (χ0n) is 36.3. The van der Waals surface area contributed by atoms with Gasteiger partial charge in [0.1, 0.15) is 6.10 Å². The van der Waals surface area contributed by atoms with Crippen molar-refractivity contribution in [1.29, 1.82) is 0 Å². The minimum absolute atomic E-state index is 0.0275. The first kappa shape index (κ1) is 51.9. The number of aliphatic hydroxyl groups is 1. The number of hydrogen-bond donors (Lipinski definition) is 1. The molecule has 0 aliphatic rings. The van der Waals surface area contributed by atoms with E-state index in [1.807, 2.05) is 0 Å². The lowest BCUT2D eigenvalue weighted by molar-refractivity contribution is -0.150. The molecule has 1 atom stereocenters. The fraction of sp³-hybridized carbons (Fsp3) is 0.957. The van der Waals surface area contributed by atoms with Gasteiger partial charge in [-0.2, -0.15) is 0 Å². The Morgan fingerprint density at radius 3 is 1.30 bits per heavy atom. The standard InChI is InChI=1S/C47H93NO5/c1-5-8-11-14-21-28-35-45(36-29-22-15-12-9-6-2)53-47(51)38-31-23-17-16-18-25-32-39-48(41-42-49)40-33-26-19-24-30-37-46(50)52-43-44(4)34-27-20-13-10-7-3/h44-45,49H,5-43H2,1-4H3. The van der Waals surface area contributed by atoms with Crippen molar-refractivity contribution < 1.29 is 24.2 Å². The Bertz CT molecular complexity index is 745. The van der Waals surface area contributed by atoms with Crippen LogP contribution in [0.5, 0.6) is 0 Å². The normalized spacial score (nSPS) is 12.2. The maximum Gasteiger partial charge on any atom is 0.306 e. The predicted octanol–water partition coefficient (Wildman–Crippen LogP) is 13.7. The second kappa shape index (κ2) is 42.0. The molecule has 1 N–H and O–H groups in total. The molecular formula is C47H93NO5. The first-order valence-electron chi connectivity index (χ1n) is 23.6. The maximum absolute atomic E-state index is 12.7. The zero-order valence-corrected chi connectivity index (χ0v) is 36.3. The summed E-state index contributed by atoms with van der Waals surface area (Å²) in [7, 11) is 0. The summed E-state index contributed by atoms with van der Waals surface area (Å²) in [6, 6.07) is 0. The smallest absolute Gasteiger partial charge is 0.306 e. The summed E-state index contributed by atoms with van der Waals surface area (Å²) in [5.41, 5.74) is 0. The minimum Gasteiger partial charge on any atom is -0.465 e. The van der Waals surface area contributed by atoms with E-state index in [1.165, 1.54) is 148 Å². The highest BCUT2D eigenvalue weighted by molar-refractivity contribution is 5.69. The Hall–Kier alpha value is -1.14. The Labute approximate surface area is 331 Å². The minimum atomic E-state index is -0.0296. The van der Waals surface area contributed by atoms with Gasteiger partial charge in [-0.1, -0.05) is 175 Å². The Morgan fingerprint density at radius 1 is 0.472 bits per heavy atom. The summed E-state index contributed by atoms with van der Waals surface area (Å²) < 4.78 is 11.5. The van der Waals surface area contributed by atoms with Crippen molar-refractivity contribution in [3.8, 4) is 0 Å². The molecule has 0 aromatic heterocycles. The highest BCUT2D eigenvalue weighted by Gasteiger charge is 2.14. The molecule has 0 saturated carbocycles. The third kappa shape index (κ3) is 38.9. The molecule has 6 nitrogen and oxygen atoms in total. The Morgan fingerprint density at radius 2 is 0.849 bits per heavy atom. The third-order valence-corrected chi connectivity index (χ3v) is 11.0. The average molecular weight is 752 g/mol. The van der Waals surface area contributed by atoms with Crippen LogP contribution in [0.1, 0.15) is 246 Å². The van der Waals surface area contributed by atoms with Crippen molar-refractivity contribution in [1.82, 2.24) is 4.90 Å². The SMILES string of the molecule is CCCCCCCCC(CCCCCCCC)OC(=O)CCCCCCCCCN(CCO)CCCCCCCC(=O)OCC(C)CCCCCCC. The molecule has 0 amide bonds. The number of rotatable bonds is 43. The van der Waals surface area contributed by atoms with E-state index in [1.54, 1.807) is 0 Å². The van der Waals surface area contributed by atoms with Gasteiger partial charge in [-0.3, -0.25) is 9.59 Å². The average Bonchev–Trinajstić information content (AvgIpc) is 3.15. The summed E-state index contributed by atoms with van der Waals surface area (Å²) in [4.78, 5) is 27.2. The molecule has 0 saturated heterocycles. The summed E-state index contributed by atoms with van der Waals surface area (Å²) in [6.07, 6.45) is 40.1. The van der Waals surface area contributed by atoms with Gasteiger partial charge >= 0.3 is 11.9 Å². The van der Waals surface area contributed by atoms with E-state index in [-0.39, 0.29) is 24.6 Å². The fourth-order valence-electron chi connectivity index (χ4n) is 7.40. The van der Waals surface area contributed by atoms with Gasteiger partial charge in [-0.25, -0.2) is 0 Å². The van der Waals surface area contributed by atoms with Gasteiger partial charge in [-0.15, -0.1) is 0 Å². The molecule has 0 bridgehead atoms. The second-order valence-electron chi connectivity index (χ2n) is 16.5. The molecule has 0 aromatic carbocycles.